The number of hydrogen-bond donors (Lipinski definition) is 1. The second kappa shape index (κ2) is 9.02. The quantitative estimate of drug-likeness (QED) is 0.865. The number of amides is 3. The van der Waals surface area contributed by atoms with Crippen molar-refractivity contribution < 1.29 is 14.4 Å². The molecule has 1 saturated heterocycles. The number of hydrogen-bond acceptors (Lipinski definition) is 3. The van der Waals surface area contributed by atoms with E-state index in [1.807, 2.05) is 42.2 Å². The lowest BCUT2D eigenvalue weighted by Crippen LogP contribution is -2.47. The molecule has 1 saturated carbocycles. The number of carbonyl (C=O) groups excluding carboxylic acids is 3. The fourth-order valence-electron chi connectivity index (χ4n) is 4.25. The van der Waals surface area contributed by atoms with Crippen LogP contribution in [0.25, 0.3) is 0 Å². The average molecular weight is 371 g/mol. The van der Waals surface area contributed by atoms with Gasteiger partial charge < -0.3 is 15.1 Å². The number of benzene rings is 1. The molecular formula is C21H29N3O3. The summed E-state index contributed by atoms with van der Waals surface area (Å²) in [5, 5.41) is 2.99. The summed E-state index contributed by atoms with van der Waals surface area (Å²) in [4.78, 5) is 41.8. The zero-order chi connectivity index (χ0) is 19.2. The van der Waals surface area contributed by atoms with Crippen molar-refractivity contribution in [2.24, 2.45) is 5.92 Å². The zero-order valence-electron chi connectivity index (χ0n) is 16.0. The standard InChI is InChI=1S/C21H29N3O3/c1-2-19(25)23-13-7-14-24(21(27)16-8-4-3-5-9-16)18-11-6-10-17(18)20(26)22-12-15-23/h3-5,8-9,17-18H,2,6-7,10-15H2,1H3,(H,22,26). The van der Waals surface area contributed by atoms with Crippen LogP contribution in [0.1, 0.15) is 49.4 Å². The van der Waals surface area contributed by atoms with Gasteiger partial charge in [-0.25, -0.2) is 0 Å². The predicted molar refractivity (Wildman–Crippen MR) is 103 cm³/mol. The molecule has 0 radical (unpaired) electrons. The Bertz CT molecular complexity index is 677. The lowest BCUT2D eigenvalue weighted by Gasteiger charge is -2.33. The number of nitrogens with one attached hydrogen (secondary N) is 1. The normalized spacial score (nSPS) is 24.0. The predicted octanol–water partition coefficient (Wildman–Crippen LogP) is 2.06. The van der Waals surface area contributed by atoms with Gasteiger partial charge in [0.15, 0.2) is 0 Å². The summed E-state index contributed by atoms with van der Waals surface area (Å²) in [5.74, 6) is -0.0854. The Labute approximate surface area is 160 Å². The molecule has 1 aliphatic heterocycles. The Morgan fingerprint density at radius 2 is 1.85 bits per heavy atom. The average Bonchev–Trinajstić information content (AvgIpc) is 3.17. The molecule has 2 fully saturated rings. The summed E-state index contributed by atoms with van der Waals surface area (Å²) in [5.41, 5.74) is 0.653. The number of rotatable bonds is 2. The maximum absolute atomic E-state index is 13.2. The molecule has 1 heterocycles. The third-order valence-corrected chi connectivity index (χ3v) is 5.66. The van der Waals surface area contributed by atoms with Gasteiger partial charge in [-0.15, -0.1) is 0 Å². The van der Waals surface area contributed by atoms with E-state index in [-0.39, 0.29) is 29.7 Å². The first-order valence-corrected chi connectivity index (χ1v) is 10.0. The van der Waals surface area contributed by atoms with Gasteiger partial charge in [-0.1, -0.05) is 31.5 Å². The molecule has 1 aromatic carbocycles. The van der Waals surface area contributed by atoms with E-state index in [1.165, 1.54) is 0 Å². The topological polar surface area (TPSA) is 69.7 Å². The third-order valence-electron chi connectivity index (χ3n) is 5.66. The van der Waals surface area contributed by atoms with Gasteiger partial charge in [0.1, 0.15) is 0 Å². The number of carbonyl (C=O) groups is 3. The first-order valence-electron chi connectivity index (χ1n) is 10.0. The van der Waals surface area contributed by atoms with E-state index >= 15 is 0 Å². The van der Waals surface area contributed by atoms with Crippen molar-refractivity contribution in [1.82, 2.24) is 15.1 Å². The van der Waals surface area contributed by atoms with Crippen molar-refractivity contribution in [2.45, 2.75) is 45.1 Å². The van der Waals surface area contributed by atoms with E-state index in [0.717, 1.165) is 25.7 Å². The van der Waals surface area contributed by atoms with Crippen molar-refractivity contribution in [1.29, 1.82) is 0 Å². The fourth-order valence-corrected chi connectivity index (χ4v) is 4.25. The van der Waals surface area contributed by atoms with Crippen LogP contribution in [0.5, 0.6) is 0 Å². The monoisotopic (exact) mass is 371 g/mol. The van der Waals surface area contributed by atoms with Crippen LogP contribution >= 0.6 is 0 Å². The lowest BCUT2D eigenvalue weighted by atomic mass is 9.99. The van der Waals surface area contributed by atoms with E-state index in [1.54, 1.807) is 4.90 Å². The molecule has 6 heteroatoms. The third kappa shape index (κ3) is 4.49. The molecular weight excluding hydrogens is 342 g/mol. The Hall–Kier alpha value is -2.37. The summed E-state index contributed by atoms with van der Waals surface area (Å²) in [6.45, 7) is 4.03. The van der Waals surface area contributed by atoms with E-state index in [9.17, 15) is 14.4 Å². The van der Waals surface area contributed by atoms with Gasteiger partial charge in [-0.3, -0.25) is 14.4 Å². The van der Waals surface area contributed by atoms with Gasteiger partial charge in [-0.2, -0.15) is 0 Å². The van der Waals surface area contributed by atoms with Crippen molar-refractivity contribution in [3.05, 3.63) is 35.9 Å². The molecule has 0 aromatic heterocycles. The molecule has 2 atom stereocenters. The highest BCUT2D eigenvalue weighted by Gasteiger charge is 2.39. The molecule has 6 nitrogen and oxygen atoms in total. The first kappa shape index (κ1) is 19.4. The van der Waals surface area contributed by atoms with Crippen LogP contribution in [-0.2, 0) is 9.59 Å². The second-order valence-corrected chi connectivity index (χ2v) is 7.35. The van der Waals surface area contributed by atoms with Gasteiger partial charge in [0, 0.05) is 44.2 Å². The smallest absolute Gasteiger partial charge is 0.254 e. The molecule has 0 spiro atoms. The van der Waals surface area contributed by atoms with Crippen LogP contribution in [0, 0.1) is 5.92 Å². The molecule has 1 aromatic rings. The minimum Gasteiger partial charge on any atom is -0.354 e. The number of nitrogens with zero attached hydrogens (tertiary/aromatic N) is 2. The van der Waals surface area contributed by atoms with Crippen LogP contribution < -0.4 is 5.32 Å². The molecule has 27 heavy (non-hydrogen) atoms. The van der Waals surface area contributed by atoms with E-state index in [2.05, 4.69) is 5.32 Å². The molecule has 3 rings (SSSR count). The van der Waals surface area contributed by atoms with Gasteiger partial charge in [0.05, 0.1) is 5.92 Å². The van der Waals surface area contributed by atoms with Gasteiger partial charge >= 0.3 is 0 Å². The van der Waals surface area contributed by atoms with E-state index in [0.29, 0.717) is 38.2 Å². The Balaban J connectivity index is 1.84. The molecule has 2 unspecified atom stereocenters. The fraction of sp³-hybridized carbons (Fsp3) is 0.571. The summed E-state index contributed by atoms with van der Waals surface area (Å²) < 4.78 is 0. The highest BCUT2D eigenvalue weighted by molar-refractivity contribution is 5.95. The SMILES string of the molecule is CCC(=O)N1CCCN(C(=O)c2ccccc2)C2CCCC2C(=O)NCC1. The van der Waals surface area contributed by atoms with Gasteiger partial charge in [0.25, 0.3) is 5.91 Å². The highest BCUT2D eigenvalue weighted by atomic mass is 16.2. The minimum absolute atomic E-state index is 0.00848. The van der Waals surface area contributed by atoms with Crippen molar-refractivity contribution in [2.75, 3.05) is 26.2 Å². The largest absolute Gasteiger partial charge is 0.354 e. The highest BCUT2D eigenvalue weighted by Crippen LogP contribution is 2.31. The molecule has 3 amide bonds. The zero-order valence-corrected chi connectivity index (χ0v) is 16.0. The summed E-state index contributed by atoms with van der Waals surface area (Å²) in [7, 11) is 0. The molecule has 146 valence electrons. The summed E-state index contributed by atoms with van der Waals surface area (Å²) >= 11 is 0. The van der Waals surface area contributed by atoms with E-state index in [4.69, 9.17) is 0 Å². The summed E-state index contributed by atoms with van der Waals surface area (Å²) in [6.07, 6.45) is 3.80. The van der Waals surface area contributed by atoms with Gasteiger partial charge in [-0.05, 0) is 31.4 Å². The van der Waals surface area contributed by atoms with Crippen molar-refractivity contribution in [3.63, 3.8) is 0 Å². The van der Waals surface area contributed by atoms with Crippen molar-refractivity contribution >= 4 is 17.7 Å². The second-order valence-electron chi connectivity index (χ2n) is 7.35. The van der Waals surface area contributed by atoms with Gasteiger partial charge in [0.2, 0.25) is 11.8 Å². The minimum atomic E-state index is -0.161. The lowest BCUT2D eigenvalue weighted by molar-refractivity contribution is -0.131. The summed E-state index contributed by atoms with van der Waals surface area (Å²) in [6, 6.07) is 9.20. The first-order chi connectivity index (χ1) is 13.1. The van der Waals surface area contributed by atoms with Crippen LogP contribution in [0.3, 0.4) is 0 Å². The number of fused-ring (bicyclic) bond motifs is 1. The van der Waals surface area contributed by atoms with Crippen LogP contribution in [-0.4, -0.2) is 59.7 Å². The maximum Gasteiger partial charge on any atom is 0.254 e. The maximum atomic E-state index is 13.2. The van der Waals surface area contributed by atoms with Crippen LogP contribution in [0.15, 0.2) is 30.3 Å². The Morgan fingerprint density at radius 1 is 1.07 bits per heavy atom. The molecule has 0 bridgehead atoms. The van der Waals surface area contributed by atoms with Crippen LogP contribution in [0.4, 0.5) is 0 Å². The molecule has 1 aliphatic carbocycles. The Morgan fingerprint density at radius 3 is 2.59 bits per heavy atom. The Kier molecular flexibility index (Phi) is 6.48. The van der Waals surface area contributed by atoms with Crippen molar-refractivity contribution in [3.8, 4) is 0 Å². The van der Waals surface area contributed by atoms with E-state index < -0.39 is 0 Å². The molecule has 2 aliphatic rings. The molecule has 1 N–H and O–H groups in total. The van der Waals surface area contributed by atoms with Crippen LogP contribution in [0.2, 0.25) is 0 Å².